The highest BCUT2D eigenvalue weighted by atomic mass is 16.2. The van der Waals surface area contributed by atoms with E-state index in [9.17, 15) is 14.4 Å². The van der Waals surface area contributed by atoms with E-state index in [1.165, 1.54) is 6.20 Å². The third-order valence-corrected chi connectivity index (χ3v) is 2.69. The number of hydrogen-bond donors (Lipinski definition) is 4. The van der Waals surface area contributed by atoms with Gasteiger partial charge in [0.1, 0.15) is 0 Å². The van der Waals surface area contributed by atoms with Crippen molar-refractivity contribution in [1.29, 1.82) is 0 Å². The Kier molecular flexibility index (Phi) is 3.19. The number of ketones is 1. The average molecular weight is 260 g/mol. The minimum absolute atomic E-state index is 0.271. The van der Waals surface area contributed by atoms with Gasteiger partial charge < -0.3 is 21.8 Å². The number of carbonyl (C=O) groups is 3. The molecule has 0 radical (unpaired) electrons. The highest BCUT2D eigenvalue weighted by Crippen LogP contribution is 2.19. The number of nitrogens with one attached hydrogen (secondary N) is 2. The quantitative estimate of drug-likeness (QED) is 0.451. The molecule has 0 aliphatic rings. The summed E-state index contributed by atoms with van der Waals surface area (Å²) in [6.45, 7) is 0. The summed E-state index contributed by atoms with van der Waals surface area (Å²) in [5.41, 5.74) is 11.0. The van der Waals surface area contributed by atoms with Crippen molar-refractivity contribution < 1.29 is 14.4 Å². The van der Waals surface area contributed by atoms with Crippen molar-refractivity contribution in [2.24, 2.45) is 11.5 Å². The van der Waals surface area contributed by atoms with Gasteiger partial charge in [-0.1, -0.05) is 18.2 Å². The van der Waals surface area contributed by atoms with E-state index in [1.54, 1.807) is 24.3 Å². The van der Waals surface area contributed by atoms with E-state index >= 15 is 0 Å². The zero-order valence-electron chi connectivity index (χ0n) is 9.84. The van der Waals surface area contributed by atoms with Crippen molar-refractivity contribution in [1.82, 2.24) is 10.3 Å². The molecule has 0 saturated heterocycles. The number of carbonyl (C=O) groups excluding carboxylic acids is 3. The van der Waals surface area contributed by atoms with Crippen molar-refractivity contribution >= 4 is 28.6 Å². The molecule has 6 N–H and O–H groups in total. The number of primary amides is 2. The van der Waals surface area contributed by atoms with Crippen molar-refractivity contribution in [2.75, 3.05) is 0 Å². The maximum atomic E-state index is 12.2. The summed E-state index contributed by atoms with van der Waals surface area (Å²) in [4.78, 5) is 37.1. The average Bonchev–Trinajstić information content (AvgIpc) is 2.78. The molecule has 0 bridgehead atoms. The van der Waals surface area contributed by atoms with E-state index in [4.69, 9.17) is 11.5 Å². The van der Waals surface area contributed by atoms with Crippen LogP contribution < -0.4 is 16.8 Å². The van der Waals surface area contributed by atoms with Crippen molar-refractivity contribution in [3.8, 4) is 0 Å². The van der Waals surface area contributed by atoms with Gasteiger partial charge in [0, 0.05) is 22.7 Å². The first kappa shape index (κ1) is 12.6. The summed E-state index contributed by atoms with van der Waals surface area (Å²) >= 11 is 0. The lowest BCUT2D eigenvalue weighted by Gasteiger charge is -2.11. The van der Waals surface area contributed by atoms with Crippen LogP contribution in [-0.4, -0.2) is 28.7 Å². The van der Waals surface area contributed by atoms with Crippen LogP contribution in [0.25, 0.3) is 10.9 Å². The molecule has 19 heavy (non-hydrogen) atoms. The molecule has 1 heterocycles. The molecule has 7 nitrogen and oxygen atoms in total. The molecule has 0 aliphatic heterocycles. The first-order valence-corrected chi connectivity index (χ1v) is 5.46. The van der Waals surface area contributed by atoms with Crippen LogP contribution in [0.4, 0.5) is 4.79 Å². The molecule has 3 amide bonds. The number of benzene rings is 1. The van der Waals surface area contributed by atoms with E-state index in [0.29, 0.717) is 5.39 Å². The molecule has 1 aromatic heterocycles. The number of rotatable bonds is 4. The largest absolute Gasteiger partial charge is 0.367 e. The summed E-state index contributed by atoms with van der Waals surface area (Å²) < 4.78 is 0. The lowest BCUT2D eigenvalue weighted by molar-refractivity contribution is -0.118. The zero-order valence-corrected chi connectivity index (χ0v) is 9.84. The molecule has 0 aliphatic carbocycles. The van der Waals surface area contributed by atoms with Gasteiger partial charge in [0.05, 0.1) is 0 Å². The van der Waals surface area contributed by atoms with Gasteiger partial charge in [-0.15, -0.1) is 0 Å². The molecule has 7 heteroatoms. The lowest BCUT2D eigenvalue weighted by Crippen LogP contribution is -2.51. The topological polar surface area (TPSA) is 131 Å². The molecular formula is C12H12N4O3. The second-order valence-corrected chi connectivity index (χ2v) is 3.96. The number of H-pyrrole nitrogens is 1. The molecular weight excluding hydrogens is 248 g/mol. The maximum Gasteiger partial charge on any atom is 0.313 e. The van der Waals surface area contributed by atoms with Gasteiger partial charge in [-0.05, 0) is 6.07 Å². The number of fused-ring (bicyclic) bond motifs is 1. The number of hydrogen-bond acceptors (Lipinski definition) is 3. The fourth-order valence-corrected chi connectivity index (χ4v) is 1.84. The Bertz CT molecular complexity index is 662. The van der Waals surface area contributed by atoms with Crippen molar-refractivity contribution in [3.63, 3.8) is 0 Å². The molecule has 0 fully saturated rings. The first-order valence-electron chi connectivity index (χ1n) is 5.46. The molecule has 1 unspecified atom stereocenters. The summed E-state index contributed by atoms with van der Waals surface area (Å²) in [6, 6.07) is 4.61. The van der Waals surface area contributed by atoms with Gasteiger partial charge in [0.2, 0.25) is 5.91 Å². The predicted octanol–water partition coefficient (Wildman–Crippen LogP) is -0.127. The van der Waals surface area contributed by atoms with Crippen LogP contribution in [0, 0.1) is 0 Å². The Morgan fingerprint density at radius 2 is 1.84 bits per heavy atom. The van der Waals surface area contributed by atoms with Gasteiger partial charge in [-0.2, -0.15) is 0 Å². The van der Waals surface area contributed by atoms with Gasteiger partial charge >= 0.3 is 6.03 Å². The van der Waals surface area contributed by atoms with E-state index in [-0.39, 0.29) is 5.56 Å². The standard InChI is InChI=1S/C12H12N4O3/c13-11(18)9(16-12(14)19)10(17)7-5-15-8-4-2-1-3-6(7)8/h1-5,9,15H,(H2,13,18)(H3,14,16,19). The van der Waals surface area contributed by atoms with Gasteiger partial charge in [-0.25, -0.2) is 4.79 Å². The third-order valence-electron chi connectivity index (χ3n) is 2.69. The van der Waals surface area contributed by atoms with Crippen LogP contribution in [-0.2, 0) is 4.79 Å². The minimum atomic E-state index is -1.48. The Hall–Kier alpha value is -2.83. The number of para-hydroxylation sites is 1. The number of aromatic amines is 1. The predicted molar refractivity (Wildman–Crippen MR) is 68.3 cm³/mol. The van der Waals surface area contributed by atoms with Crippen molar-refractivity contribution in [3.05, 3.63) is 36.0 Å². The summed E-state index contributed by atoms with van der Waals surface area (Å²) in [6.07, 6.45) is 1.46. The SMILES string of the molecule is NC(=O)NC(C(N)=O)C(=O)c1c[nH]c2ccccc12. The fraction of sp³-hybridized carbons (Fsp3) is 0.0833. The van der Waals surface area contributed by atoms with Crippen molar-refractivity contribution in [2.45, 2.75) is 6.04 Å². The lowest BCUT2D eigenvalue weighted by atomic mass is 10.0. The van der Waals surface area contributed by atoms with Crippen LogP contribution in [0.3, 0.4) is 0 Å². The van der Waals surface area contributed by atoms with E-state index in [2.05, 4.69) is 4.98 Å². The second kappa shape index (κ2) is 4.81. The molecule has 2 aromatic rings. The van der Waals surface area contributed by atoms with E-state index < -0.39 is 23.8 Å². The van der Waals surface area contributed by atoms with E-state index in [1.807, 2.05) is 5.32 Å². The van der Waals surface area contributed by atoms with Crippen LogP contribution in [0.2, 0.25) is 0 Å². The van der Waals surface area contributed by atoms with Crippen LogP contribution >= 0.6 is 0 Å². The highest BCUT2D eigenvalue weighted by molar-refractivity contribution is 6.19. The van der Waals surface area contributed by atoms with E-state index in [0.717, 1.165) is 5.52 Å². The third kappa shape index (κ3) is 2.39. The number of amides is 3. The summed E-state index contributed by atoms with van der Waals surface area (Å²) in [5.74, 6) is -1.57. The first-order chi connectivity index (χ1) is 9.00. The maximum absolute atomic E-state index is 12.2. The molecule has 2 rings (SSSR count). The van der Waals surface area contributed by atoms with Crippen LogP contribution in [0.1, 0.15) is 10.4 Å². The molecule has 0 saturated carbocycles. The normalized spacial score (nSPS) is 12.0. The smallest absolute Gasteiger partial charge is 0.313 e. The second-order valence-electron chi connectivity index (χ2n) is 3.96. The number of urea groups is 1. The zero-order chi connectivity index (χ0) is 14.0. The Labute approximate surface area is 107 Å². The van der Waals surface area contributed by atoms with Crippen LogP contribution in [0.15, 0.2) is 30.5 Å². The Morgan fingerprint density at radius 1 is 1.16 bits per heavy atom. The fourth-order valence-electron chi connectivity index (χ4n) is 1.84. The highest BCUT2D eigenvalue weighted by Gasteiger charge is 2.28. The van der Waals surface area contributed by atoms with Gasteiger partial charge in [-0.3, -0.25) is 9.59 Å². The molecule has 98 valence electrons. The Morgan fingerprint density at radius 3 is 2.47 bits per heavy atom. The monoisotopic (exact) mass is 260 g/mol. The Balaban J connectivity index is 2.41. The molecule has 0 spiro atoms. The van der Waals surface area contributed by atoms with Gasteiger partial charge in [0.25, 0.3) is 0 Å². The molecule has 1 aromatic carbocycles. The van der Waals surface area contributed by atoms with Crippen LogP contribution in [0.5, 0.6) is 0 Å². The minimum Gasteiger partial charge on any atom is -0.367 e. The summed E-state index contributed by atoms with van der Waals surface area (Å²) in [5, 5.41) is 2.68. The van der Waals surface area contributed by atoms with Gasteiger partial charge in [0.15, 0.2) is 11.8 Å². The number of nitrogens with two attached hydrogens (primary N) is 2. The number of Topliss-reactive ketones (excluding diaryl/α,β-unsaturated/α-hetero) is 1. The molecule has 1 atom stereocenters. The number of aromatic nitrogens is 1. The summed E-state index contributed by atoms with van der Waals surface area (Å²) in [7, 11) is 0.